The number of halogens is 2. The molecule has 1 aliphatic heterocycles. The van der Waals surface area contributed by atoms with Gasteiger partial charge < -0.3 is 20.1 Å². The highest BCUT2D eigenvalue weighted by molar-refractivity contribution is 5.80. The van der Waals surface area contributed by atoms with E-state index in [1.807, 2.05) is 0 Å². The summed E-state index contributed by atoms with van der Waals surface area (Å²) in [5.74, 6) is -2.76. The smallest absolute Gasteiger partial charge is 0.317 e. The number of rotatable bonds is 5. The Balaban J connectivity index is 2.07. The number of hydrogen-bond donors (Lipinski definition) is 2. The molecule has 1 aromatic rings. The van der Waals surface area contributed by atoms with Crippen LogP contribution in [0.5, 0.6) is 0 Å². The van der Waals surface area contributed by atoms with E-state index in [9.17, 15) is 23.5 Å². The SMILES string of the molecule is COCC1(C(=O)O)CCN(C(=O)NC(C)c2c(F)cncc2F)C1. The third kappa shape index (κ3) is 3.45. The number of aromatic nitrogens is 1. The van der Waals surface area contributed by atoms with Gasteiger partial charge in [-0.2, -0.15) is 0 Å². The fourth-order valence-electron chi connectivity index (χ4n) is 2.86. The van der Waals surface area contributed by atoms with Crippen molar-refractivity contribution in [2.45, 2.75) is 19.4 Å². The van der Waals surface area contributed by atoms with Crippen molar-refractivity contribution in [1.82, 2.24) is 15.2 Å². The summed E-state index contributed by atoms with van der Waals surface area (Å²) in [7, 11) is 1.39. The second kappa shape index (κ2) is 7.08. The molecule has 0 bridgehead atoms. The van der Waals surface area contributed by atoms with Gasteiger partial charge in [0.2, 0.25) is 0 Å². The number of ether oxygens (including phenoxy) is 1. The quantitative estimate of drug-likeness (QED) is 0.846. The van der Waals surface area contributed by atoms with Crippen LogP contribution in [-0.2, 0) is 9.53 Å². The maximum Gasteiger partial charge on any atom is 0.317 e. The summed E-state index contributed by atoms with van der Waals surface area (Å²) in [6.45, 7) is 1.61. The number of nitrogens with zero attached hydrogens (tertiary/aromatic N) is 2. The highest BCUT2D eigenvalue weighted by Crippen LogP contribution is 2.31. The van der Waals surface area contributed by atoms with Crippen molar-refractivity contribution in [1.29, 1.82) is 0 Å². The highest BCUT2D eigenvalue weighted by Gasteiger charge is 2.46. The van der Waals surface area contributed by atoms with Crippen LogP contribution in [0.25, 0.3) is 0 Å². The fourth-order valence-corrected chi connectivity index (χ4v) is 2.86. The van der Waals surface area contributed by atoms with Crippen LogP contribution in [0.1, 0.15) is 24.9 Å². The minimum Gasteiger partial charge on any atom is -0.481 e. The predicted octanol–water partition coefficient (Wildman–Crippen LogP) is 1.55. The first-order chi connectivity index (χ1) is 11.3. The summed E-state index contributed by atoms with van der Waals surface area (Å²) < 4.78 is 32.3. The molecule has 2 rings (SSSR count). The van der Waals surface area contributed by atoms with Crippen LogP contribution in [0, 0.1) is 17.0 Å². The van der Waals surface area contributed by atoms with E-state index < -0.39 is 35.1 Å². The molecule has 2 N–H and O–H groups in total. The molecule has 2 atom stereocenters. The number of methoxy groups -OCH3 is 1. The lowest BCUT2D eigenvalue weighted by atomic mass is 9.88. The molecule has 0 radical (unpaired) electrons. The third-order valence-corrected chi connectivity index (χ3v) is 4.18. The van der Waals surface area contributed by atoms with Gasteiger partial charge in [-0.3, -0.25) is 9.78 Å². The van der Waals surface area contributed by atoms with Crippen LogP contribution in [0.15, 0.2) is 12.4 Å². The van der Waals surface area contributed by atoms with Crippen LogP contribution in [0.2, 0.25) is 0 Å². The Morgan fingerprint density at radius 3 is 2.62 bits per heavy atom. The van der Waals surface area contributed by atoms with Crippen LogP contribution in [0.3, 0.4) is 0 Å². The van der Waals surface area contributed by atoms with Crippen LogP contribution >= 0.6 is 0 Å². The van der Waals surface area contributed by atoms with Crippen molar-refractivity contribution in [2.75, 3.05) is 26.8 Å². The predicted molar refractivity (Wildman–Crippen MR) is 79.2 cm³/mol. The number of nitrogens with one attached hydrogen (secondary N) is 1. The molecule has 1 fully saturated rings. The molecule has 0 aromatic carbocycles. The molecular weight excluding hydrogens is 324 g/mol. The molecule has 132 valence electrons. The van der Waals surface area contributed by atoms with Crippen molar-refractivity contribution in [2.24, 2.45) is 5.41 Å². The summed E-state index contributed by atoms with van der Waals surface area (Å²) in [5.41, 5.74) is -1.46. The van der Waals surface area contributed by atoms with Crippen molar-refractivity contribution in [3.8, 4) is 0 Å². The Labute approximate surface area is 137 Å². The standard InChI is InChI=1S/C15H19F2N3O4/c1-9(12-10(16)5-18-6-11(12)17)19-14(23)20-4-3-15(7-20,8-24-2)13(21)22/h5-6,9H,3-4,7-8H2,1-2H3,(H,19,23)(H,21,22). The van der Waals surface area contributed by atoms with E-state index in [0.29, 0.717) is 0 Å². The zero-order valence-corrected chi connectivity index (χ0v) is 13.4. The van der Waals surface area contributed by atoms with Gasteiger partial charge in [-0.05, 0) is 13.3 Å². The topological polar surface area (TPSA) is 91.8 Å². The lowest BCUT2D eigenvalue weighted by Crippen LogP contribution is -2.44. The number of carboxylic acids is 1. The first-order valence-corrected chi connectivity index (χ1v) is 7.37. The molecule has 1 saturated heterocycles. The number of carboxylic acid groups (broad SMARTS) is 1. The monoisotopic (exact) mass is 343 g/mol. The number of carbonyl (C=O) groups excluding carboxylic acids is 1. The molecule has 9 heteroatoms. The Kier molecular flexibility index (Phi) is 5.33. The van der Waals surface area contributed by atoms with E-state index in [4.69, 9.17) is 4.74 Å². The summed E-state index contributed by atoms with van der Waals surface area (Å²) >= 11 is 0. The zero-order valence-electron chi connectivity index (χ0n) is 13.4. The van der Waals surface area contributed by atoms with Gasteiger partial charge in [-0.25, -0.2) is 13.6 Å². The van der Waals surface area contributed by atoms with E-state index in [-0.39, 0.29) is 31.7 Å². The molecule has 1 aliphatic rings. The van der Waals surface area contributed by atoms with Crippen molar-refractivity contribution in [3.05, 3.63) is 29.6 Å². The molecule has 0 spiro atoms. The number of carbonyl (C=O) groups is 2. The van der Waals surface area contributed by atoms with Gasteiger partial charge >= 0.3 is 12.0 Å². The minimum atomic E-state index is -1.16. The molecule has 0 saturated carbocycles. The average Bonchev–Trinajstić information content (AvgIpc) is 2.93. The molecule has 24 heavy (non-hydrogen) atoms. The highest BCUT2D eigenvalue weighted by atomic mass is 19.1. The molecule has 2 unspecified atom stereocenters. The normalized spacial score (nSPS) is 21.6. The number of likely N-dealkylation sites (tertiary alicyclic amines) is 1. The number of amides is 2. The lowest BCUT2D eigenvalue weighted by molar-refractivity contribution is -0.151. The molecule has 1 aromatic heterocycles. The van der Waals surface area contributed by atoms with Gasteiger partial charge in [0.05, 0.1) is 25.0 Å². The van der Waals surface area contributed by atoms with E-state index >= 15 is 0 Å². The molecule has 7 nitrogen and oxygen atoms in total. The van der Waals surface area contributed by atoms with Gasteiger partial charge in [-0.15, -0.1) is 0 Å². The summed E-state index contributed by atoms with van der Waals surface area (Å²) in [6.07, 6.45) is 1.98. The van der Waals surface area contributed by atoms with Gasteiger partial charge in [0.25, 0.3) is 0 Å². The number of urea groups is 1. The Morgan fingerprint density at radius 1 is 1.46 bits per heavy atom. The largest absolute Gasteiger partial charge is 0.481 e. The number of pyridine rings is 1. The Bertz CT molecular complexity index is 623. The maximum atomic E-state index is 13.7. The fraction of sp³-hybridized carbons (Fsp3) is 0.533. The second-order valence-electron chi connectivity index (χ2n) is 5.88. The number of aliphatic carboxylic acids is 1. The van der Waals surface area contributed by atoms with E-state index in [1.165, 1.54) is 18.9 Å². The zero-order chi connectivity index (χ0) is 17.9. The minimum absolute atomic E-state index is 0.0186. The summed E-state index contributed by atoms with van der Waals surface area (Å²) in [4.78, 5) is 28.5. The third-order valence-electron chi connectivity index (χ3n) is 4.18. The lowest BCUT2D eigenvalue weighted by Gasteiger charge is -2.25. The Hall–Kier alpha value is -2.29. The van der Waals surface area contributed by atoms with Gasteiger partial charge in [0.15, 0.2) is 0 Å². The van der Waals surface area contributed by atoms with Crippen LogP contribution in [-0.4, -0.2) is 53.8 Å². The summed E-state index contributed by atoms with van der Waals surface area (Å²) in [5, 5.41) is 11.9. The Morgan fingerprint density at radius 2 is 2.08 bits per heavy atom. The average molecular weight is 343 g/mol. The van der Waals surface area contributed by atoms with E-state index in [1.54, 1.807) is 0 Å². The summed E-state index contributed by atoms with van der Waals surface area (Å²) in [6, 6.07) is -1.51. The van der Waals surface area contributed by atoms with Gasteiger partial charge in [0, 0.05) is 25.8 Å². The molecular formula is C15H19F2N3O4. The van der Waals surface area contributed by atoms with Crippen molar-refractivity contribution in [3.63, 3.8) is 0 Å². The van der Waals surface area contributed by atoms with Crippen LogP contribution in [0.4, 0.5) is 13.6 Å². The van der Waals surface area contributed by atoms with Crippen LogP contribution < -0.4 is 5.32 Å². The van der Waals surface area contributed by atoms with E-state index in [0.717, 1.165) is 12.4 Å². The first-order valence-electron chi connectivity index (χ1n) is 7.37. The molecule has 2 heterocycles. The first kappa shape index (κ1) is 18.1. The molecule has 0 aliphatic carbocycles. The van der Waals surface area contributed by atoms with Crippen molar-refractivity contribution < 1.29 is 28.2 Å². The van der Waals surface area contributed by atoms with Gasteiger partial charge in [-0.1, -0.05) is 0 Å². The second-order valence-corrected chi connectivity index (χ2v) is 5.88. The number of hydrogen-bond acceptors (Lipinski definition) is 4. The molecule has 2 amide bonds. The maximum absolute atomic E-state index is 13.7. The van der Waals surface area contributed by atoms with E-state index in [2.05, 4.69) is 10.3 Å². The van der Waals surface area contributed by atoms with Crippen molar-refractivity contribution >= 4 is 12.0 Å². The van der Waals surface area contributed by atoms with Gasteiger partial charge in [0.1, 0.15) is 17.0 Å².